The molecule has 1 aliphatic heterocycles. The maximum Gasteiger partial charge on any atom is 0.236 e. The highest BCUT2D eigenvalue weighted by Gasteiger charge is 2.26. The monoisotopic (exact) mass is 401 g/mol. The lowest BCUT2D eigenvalue weighted by atomic mass is 10.2. The van der Waals surface area contributed by atoms with E-state index in [4.69, 9.17) is 0 Å². The average molecular weight is 402 g/mol. The van der Waals surface area contributed by atoms with Crippen LogP contribution in [0.4, 0.5) is 9.52 Å². The lowest BCUT2D eigenvalue weighted by Crippen LogP contribution is -2.34. The Hall–Kier alpha value is -1.49. The first kappa shape index (κ1) is 18.3. The molecule has 1 aromatic heterocycles. The molecule has 0 saturated heterocycles. The Kier molecular flexibility index (Phi) is 5.42. The number of anilines is 1. The standard InChI is InChI=1S/C15H16FN3O3S3/c1-25(21,22)19-7-6-12-13(8-19)24-15(17-12)18-14(20)9-23-11-4-2-10(16)3-5-11/h2-5H,6-9H2,1H3,(H,17,18,20). The van der Waals surface area contributed by atoms with Crippen molar-refractivity contribution in [2.24, 2.45) is 0 Å². The van der Waals surface area contributed by atoms with Crippen LogP contribution in [-0.2, 0) is 27.8 Å². The van der Waals surface area contributed by atoms with Gasteiger partial charge in [-0.2, -0.15) is 4.31 Å². The number of amides is 1. The van der Waals surface area contributed by atoms with Gasteiger partial charge in [0.1, 0.15) is 5.82 Å². The minimum absolute atomic E-state index is 0.186. The Morgan fingerprint density at radius 3 is 2.80 bits per heavy atom. The number of nitrogens with zero attached hydrogens (tertiary/aromatic N) is 2. The maximum absolute atomic E-state index is 12.9. The zero-order valence-corrected chi connectivity index (χ0v) is 15.8. The van der Waals surface area contributed by atoms with E-state index >= 15 is 0 Å². The molecular weight excluding hydrogens is 385 g/mol. The number of carbonyl (C=O) groups excluding carboxylic acids is 1. The summed E-state index contributed by atoms with van der Waals surface area (Å²) in [7, 11) is -3.23. The van der Waals surface area contributed by atoms with Crippen LogP contribution in [0.15, 0.2) is 29.2 Å². The lowest BCUT2D eigenvalue weighted by Gasteiger charge is -2.23. The van der Waals surface area contributed by atoms with Gasteiger partial charge in [-0.05, 0) is 24.3 Å². The minimum Gasteiger partial charge on any atom is -0.301 e. The van der Waals surface area contributed by atoms with Crippen molar-refractivity contribution in [3.05, 3.63) is 40.7 Å². The van der Waals surface area contributed by atoms with E-state index < -0.39 is 10.0 Å². The van der Waals surface area contributed by atoms with Crippen molar-refractivity contribution in [1.82, 2.24) is 9.29 Å². The SMILES string of the molecule is CS(=O)(=O)N1CCc2nc(NC(=O)CSc3ccc(F)cc3)sc2C1. The number of benzene rings is 1. The van der Waals surface area contributed by atoms with Crippen molar-refractivity contribution in [3.8, 4) is 0 Å². The quantitative estimate of drug-likeness (QED) is 0.778. The molecule has 1 N–H and O–H groups in total. The van der Waals surface area contributed by atoms with Gasteiger partial charge in [-0.1, -0.05) is 0 Å². The van der Waals surface area contributed by atoms with Crippen LogP contribution in [-0.4, -0.2) is 42.2 Å². The van der Waals surface area contributed by atoms with Gasteiger partial charge in [-0.25, -0.2) is 17.8 Å². The fourth-order valence-corrected chi connectivity index (χ4v) is 4.95. The summed E-state index contributed by atoms with van der Waals surface area (Å²) in [6.45, 7) is 0.704. The zero-order valence-electron chi connectivity index (χ0n) is 13.4. The number of thiazole rings is 1. The molecule has 0 saturated carbocycles. The number of nitrogens with one attached hydrogen (secondary N) is 1. The van der Waals surface area contributed by atoms with Crippen molar-refractivity contribution in [1.29, 1.82) is 0 Å². The van der Waals surface area contributed by atoms with Crippen LogP contribution in [0.5, 0.6) is 0 Å². The summed E-state index contributed by atoms with van der Waals surface area (Å²) >= 11 is 2.60. The molecule has 10 heteroatoms. The van der Waals surface area contributed by atoms with Gasteiger partial charge in [0.05, 0.1) is 17.7 Å². The third-order valence-electron chi connectivity index (χ3n) is 3.60. The second-order valence-electron chi connectivity index (χ2n) is 5.53. The number of aromatic nitrogens is 1. The predicted molar refractivity (Wildman–Crippen MR) is 96.8 cm³/mol. The van der Waals surface area contributed by atoms with E-state index in [2.05, 4.69) is 10.3 Å². The largest absolute Gasteiger partial charge is 0.301 e. The summed E-state index contributed by atoms with van der Waals surface area (Å²) in [4.78, 5) is 18.1. The number of sulfonamides is 1. The van der Waals surface area contributed by atoms with Crippen molar-refractivity contribution >= 4 is 44.2 Å². The van der Waals surface area contributed by atoms with E-state index in [0.29, 0.717) is 24.6 Å². The van der Waals surface area contributed by atoms with Gasteiger partial charge >= 0.3 is 0 Å². The highest BCUT2D eigenvalue weighted by atomic mass is 32.2. The molecule has 6 nitrogen and oxygen atoms in total. The average Bonchev–Trinajstić information content (AvgIpc) is 2.94. The van der Waals surface area contributed by atoms with Crippen LogP contribution in [0.25, 0.3) is 0 Å². The second-order valence-corrected chi connectivity index (χ2v) is 9.64. The topological polar surface area (TPSA) is 79.4 Å². The first-order valence-corrected chi connectivity index (χ1v) is 11.1. The van der Waals surface area contributed by atoms with Gasteiger partial charge in [0, 0.05) is 29.3 Å². The Morgan fingerprint density at radius 1 is 1.40 bits per heavy atom. The molecule has 1 amide bonds. The molecule has 2 heterocycles. The Labute approximate surface area is 153 Å². The zero-order chi connectivity index (χ0) is 18.0. The van der Waals surface area contributed by atoms with Gasteiger partial charge in [0.25, 0.3) is 0 Å². The molecule has 134 valence electrons. The molecule has 1 aliphatic rings. The highest BCUT2D eigenvalue weighted by molar-refractivity contribution is 8.00. The second kappa shape index (κ2) is 7.40. The molecule has 0 atom stereocenters. The number of hydrogen-bond acceptors (Lipinski definition) is 6. The summed E-state index contributed by atoms with van der Waals surface area (Å²) in [6, 6.07) is 5.94. The molecule has 0 fully saturated rings. The molecule has 0 spiro atoms. The number of carbonyl (C=O) groups is 1. The van der Waals surface area contributed by atoms with Crippen molar-refractivity contribution < 1.29 is 17.6 Å². The Balaban J connectivity index is 1.58. The van der Waals surface area contributed by atoms with Crippen LogP contribution in [0.1, 0.15) is 10.6 Å². The summed E-state index contributed by atoms with van der Waals surface area (Å²) < 4.78 is 37.5. The molecule has 0 aliphatic carbocycles. The van der Waals surface area contributed by atoms with Crippen LogP contribution in [0, 0.1) is 5.82 Å². The molecule has 3 rings (SSSR count). The first-order chi connectivity index (χ1) is 11.8. The molecule has 25 heavy (non-hydrogen) atoms. The number of rotatable bonds is 5. The third kappa shape index (κ3) is 4.78. The van der Waals surface area contributed by atoms with E-state index in [1.807, 2.05) is 0 Å². The van der Waals surface area contributed by atoms with Crippen LogP contribution < -0.4 is 5.32 Å². The molecule has 0 unspecified atom stereocenters. The van der Waals surface area contributed by atoms with Gasteiger partial charge in [-0.15, -0.1) is 23.1 Å². The van der Waals surface area contributed by atoms with Gasteiger partial charge < -0.3 is 5.32 Å². The van der Waals surface area contributed by atoms with Crippen LogP contribution in [0.3, 0.4) is 0 Å². The van der Waals surface area contributed by atoms with E-state index in [1.54, 1.807) is 12.1 Å². The first-order valence-electron chi connectivity index (χ1n) is 7.43. The lowest BCUT2D eigenvalue weighted by molar-refractivity contribution is -0.113. The molecular formula is C15H16FN3O3S3. The molecule has 0 radical (unpaired) electrons. The predicted octanol–water partition coefficient (Wildman–Crippen LogP) is 2.33. The fourth-order valence-electron chi connectivity index (χ4n) is 2.34. The number of hydrogen-bond donors (Lipinski definition) is 1. The smallest absolute Gasteiger partial charge is 0.236 e. The Morgan fingerprint density at radius 2 is 2.12 bits per heavy atom. The summed E-state index contributed by atoms with van der Waals surface area (Å²) in [5.74, 6) is -0.337. The normalized spacial score (nSPS) is 15.0. The van der Waals surface area contributed by atoms with Gasteiger partial charge in [0.15, 0.2) is 5.13 Å². The van der Waals surface area contributed by atoms with Gasteiger partial charge in [-0.3, -0.25) is 4.79 Å². The third-order valence-corrected chi connectivity index (χ3v) is 6.85. The summed E-state index contributed by atoms with van der Waals surface area (Å²) in [5, 5.41) is 3.22. The summed E-state index contributed by atoms with van der Waals surface area (Å²) in [6.07, 6.45) is 1.73. The number of halogens is 1. The fraction of sp³-hybridized carbons (Fsp3) is 0.333. The summed E-state index contributed by atoms with van der Waals surface area (Å²) in [5.41, 5.74) is 0.839. The van der Waals surface area contributed by atoms with E-state index in [-0.39, 0.29) is 17.5 Å². The van der Waals surface area contributed by atoms with Gasteiger partial charge in [0.2, 0.25) is 15.9 Å². The Bertz CT molecular complexity index is 881. The number of fused-ring (bicyclic) bond motifs is 1. The van der Waals surface area contributed by atoms with Crippen LogP contribution in [0.2, 0.25) is 0 Å². The van der Waals surface area contributed by atoms with Crippen LogP contribution >= 0.6 is 23.1 Å². The molecule has 2 aromatic rings. The van der Waals surface area contributed by atoms with E-state index in [9.17, 15) is 17.6 Å². The van der Waals surface area contributed by atoms with E-state index in [1.165, 1.54) is 45.8 Å². The molecule has 1 aromatic carbocycles. The van der Waals surface area contributed by atoms with E-state index in [0.717, 1.165) is 15.5 Å². The van der Waals surface area contributed by atoms with Crippen molar-refractivity contribution in [2.75, 3.05) is 23.9 Å². The minimum atomic E-state index is -3.23. The maximum atomic E-state index is 12.9. The van der Waals surface area contributed by atoms with Crippen molar-refractivity contribution in [2.45, 2.75) is 17.9 Å². The highest BCUT2D eigenvalue weighted by Crippen LogP contribution is 2.29. The molecule has 0 bridgehead atoms. The number of thioether (sulfide) groups is 1. The van der Waals surface area contributed by atoms with Crippen molar-refractivity contribution in [3.63, 3.8) is 0 Å².